The summed E-state index contributed by atoms with van der Waals surface area (Å²) in [5.41, 5.74) is 0. The third-order valence-electron chi connectivity index (χ3n) is 3.24. The van der Waals surface area contributed by atoms with Gasteiger partial charge in [0, 0.05) is 33.0 Å². The fourth-order valence-corrected chi connectivity index (χ4v) is 2.37. The summed E-state index contributed by atoms with van der Waals surface area (Å²) in [4.78, 5) is 17.9. The van der Waals surface area contributed by atoms with E-state index in [4.69, 9.17) is 4.52 Å². The minimum atomic E-state index is -0.0195. The number of hydrogen-bond acceptors (Lipinski definition) is 4. The maximum Gasteiger partial charge on any atom is 0.317 e. The molecule has 104 valence electrons. The van der Waals surface area contributed by atoms with Crippen molar-refractivity contribution in [3.63, 3.8) is 0 Å². The Hall–Kier alpha value is -1.85. The largest absolute Gasteiger partial charge is 0.340 e. The molecule has 1 aliphatic rings. The summed E-state index contributed by atoms with van der Waals surface area (Å²) in [7, 11) is 0. The summed E-state index contributed by atoms with van der Waals surface area (Å²) in [6.07, 6.45) is 4.56. The Balaban J connectivity index is 1.86. The van der Waals surface area contributed by atoms with E-state index < -0.39 is 0 Å². The van der Waals surface area contributed by atoms with Gasteiger partial charge in [-0.2, -0.15) is 4.98 Å². The van der Waals surface area contributed by atoms with Crippen LogP contribution in [0, 0.1) is 12.8 Å². The molecule has 1 aliphatic heterocycles. The summed E-state index contributed by atoms with van der Waals surface area (Å²) in [6.45, 7) is 7.44. The molecule has 0 unspecified atom stereocenters. The Morgan fingerprint density at radius 1 is 1.68 bits per heavy atom. The van der Waals surface area contributed by atoms with Crippen LogP contribution >= 0.6 is 0 Å². The average molecular weight is 264 g/mol. The molecule has 2 rings (SSSR count). The van der Waals surface area contributed by atoms with Crippen molar-refractivity contribution in [2.45, 2.75) is 26.2 Å². The van der Waals surface area contributed by atoms with Crippen LogP contribution in [0.15, 0.2) is 17.2 Å². The third kappa shape index (κ3) is 3.81. The first-order valence-corrected chi connectivity index (χ1v) is 6.62. The Kier molecular flexibility index (Phi) is 4.54. The van der Waals surface area contributed by atoms with E-state index in [-0.39, 0.29) is 6.03 Å². The monoisotopic (exact) mass is 264 g/mol. The van der Waals surface area contributed by atoms with E-state index in [1.807, 2.05) is 4.90 Å². The van der Waals surface area contributed by atoms with Gasteiger partial charge >= 0.3 is 6.03 Å². The Bertz CT molecular complexity index is 444. The number of likely N-dealkylation sites (tertiary alicyclic amines) is 1. The van der Waals surface area contributed by atoms with Crippen LogP contribution in [0.5, 0.6) is 0 Å². The van der Waals surface area contributed by atoms with Crippen LogP contribution in [0.2, 0.25) is 0 Å². The molecule has 6 nitrogen and oxygen atoms in total. The number of amides is 2. The zero-order valence-corrected chi connectivity index (χ0v) is 11.3. The quantitative estimate of drug-likeness (QED) is 0.837. The second kappa shape index (κ2) is 6.36. The lowest BCUT2D eigenvalue weighted by Crippen LogP contribution is -2.45. The third-order valence-corrected chi connectivity index (χ3v) is 3.24. The smallest absolute Gasteiger partial charge is 0.317 e. The lowest BCUT2D eigenvalue weighted by Gasteiger charge is -2.32. The van der Waals surface area contributed by atoms with Gasteiger partial charge in [-0.05, 0) is 18.8 Å². The van der Waals surface area contributed by atoms with Gasteiger partial charge in [0.25, 0.3) is 0 Å². The maximum absolute atomic E-state index is 11.9. The zero-order valence-electron chi connectivity index (χ0n) is 11.3. The second-order valence-corrected chi connectivity index (χ2v) is 4.86. The van der Waals surface area contributed by atoms with Crippen LogP contribution in [0.3, 0.4) is 0 Å². The lowest BCUT2D eigenvalue weighted by molar-refractivity contribution is 0.165. The van der Waals surface area contributed by atoms with Gasteiger partial charge in [0.1, 0.15) is 0 Å². The molecule has 0 spiro atoms. The number of hydrogen-bond donors (Lipinski definition) is 1. The van der Waals surface area contributed by atoms with Crippen LogP contribution < -0.4 is 5.32 Å². The normalized spacial score (nSPS) is 19.2. The standard InChI is InChI=1S/C13H20N4O2/c1-3-6-14-13(18)17-7-4-5-11(9-17)8-12-15-10(2)19-16-12/h3,11H,1,4-9H2,2H3,(H,14,18)/t11-/m1/s1. The molecule has 0 aromatic carbocycles. The molecule has 1 fully saturated rings. The summed E-state index contributed by atoms with van der Waals surface area (Å²) in [6, 6.07) is -0.0195. The number of carbonyl (C=O) groups excluding carboxylic acids is 1. The van der Waals surface area contributed by atoms with E-state index in [9.17, 15) is 4.79 Å². The van der Waals surface area contributed by atoms with E-state index in [2.05, 4.69) is 22.0 Å². The highest BCUT2D eigenvalue weighted by molar-refractivity contribution is 5.74. The zero-order chi connectivity index (χ0) is 13.7. The molecular weight excluding hydrogens is 244 g/mol. The van der Waals surface area contributed by atoms with Crippen molar-refractivity contribution in [2.24, 2.45) is 5.92 Å². The molecule has 2 amide bonds. The highest BCUT2D eigenvalue weighted by atomic mass is 16.5. The minimum Gasteiger partial charge on any atom is -0.340 e. The summed E-state index contributed by atoms with van der Waals surface area (Å²) in [5.74, 6) is 1.72. The predicted molar refractivity (Wildman–Crippen MR) is 70.6 cm³/mol. The molecule has 1 N–H and O–H groups in total. The molecule has 6 heteroatoms. The van der Waals surface area contributed by atoms with Crippen molar-refractivity contribution in [1.82, 2.24) is 20.4 Å². The number of rotatable bonds is 4. The van der Waals surface area contributed by atoms with E-state index >= 15 is 0 Å². The van der Waals surface area contributed by atoms with Crippen molar-refractivity contribution in [3.05, 3.63) is 24.4 Å². The SMILES string of the molecule is C=CCNC(=O)N1CCC[C@H](Cc2noc(C)n2)C1. The first kappa shape index (κ1) is 13.6. The van der Waals surface area contributed by atoms with Crippen molar-refractivity contribution in [1.29, 1.82) is 0 Å². The van der Waals surface area contributed by atoms with Crippen LogP contribution in [-0.2, 0) is 6.42 Å². The highest BCUT2D eigenvalue weighted by Crippen LogP contribution is 2.19. The molecule has 19 heavy (non-hydrogen) atoms. The molecule has 0 aliphatic carbocycles. The average Bonchev–Trinajstić information content (AvgIpc) is 2.81. The molecule has 1 aromatic rings. The van der Waals surface area contributed by atoms with Gasteiger partial charge in [0.2, 0.25) is 5.89 Å². The first-order valence-electron chi connectivity index (χ1n) is 6.62. The summed E-state index contributed by atoms with van der Waals surface area (Å²) < 4.78 is 4.97. The molecule has 1 aromatic heterocycles. The molecule has 2 heterocycles. The minimum absolute atomic E-state index is 0.0195. The van der Waals surface area contributed by atoms with E-state index in [0.29, 0.717) is 18.4 Å². The van der Waals surface area contributed by atoms with Gasteiger partial charge in [-0.15, -0.1) is 6.58 Å². The van der Waals surface area contributed by atoms with Crippen LogP contribution in [0.25, 0.3) is 0 Å². The predicted octanol–water partition coefficient (Wildman–Crippen LogP) is 1.53. The molecule has 0 bridgehead atoms. The fourth-order valence-electron chi connectivity index (χ4n) is 2.37. The molecule has 1 atom stereocenters. The summed E-state index contributed by atoms with van der Waals surface area (Å²) >= 11 is 0. The fraction of sp³-hybridized carbons (Fsp3) is 0.615. The Morgan fingerprint density at radius 3 is 3.21 bits per heavy atom. The van der Waals surface area contributed by atoms with Gasteiger partial charge < -0.3 is 14.7 Å². The maximum atomic E-state index is 11.9. The molecular formula is C13H20N4O2. The van der Waals surface area contributed by atoms with Gasteiger partial charge in [-0.25, -0.2) is 4.79 Å². The van der Waals surface area contributed by atoms with E-state index in [1.54, 1.807) is 13.0 Å². The van der Waals surface area contributed by atoms with Crippen LogP contribution in [0.4, 0.5) is 4.79 Å². The van der Waals surface area contributed by atoms with Crippen molar-refractivity contribution < 1.29 is 9.32 Å². The van der Waals surface area contributed by atoms with Gasteiger partial charge in [-0.3, -0.25) is 0 Å². The van der Waals surface area contributed by atoms with Crippen molar-refractivity contribution in [3.8, 4) is 0 Å². The van der Waals surface area contributed by atoms with E-state index in [1.165, 1.54) is 0 Å². The lowest BCUT2D eigenvalue weighted by atomic mass is 9.95. The first-order chi connectivity index (χ1) is 9.19. The molecule has 1 saturated heterocycles. The Morgan fingerprint density at radius 2 is 2.53 bits per heavy atom. The molecule has 0 radical (unpaired) electrons. The number of urea groups is 1. The van der Waals surface area contributed by atoms with Gasteiger partial charge in [0.05, 0.1) is 0 Å². The van der Waals surface area contributed by atoms with Gasteiger partial charge in [-0.1, -0.05) is 11.2 Å². The van der Waals surface area contributed by atoms with Crippen molar-refractivity contribution >= 4 is 6.03 Å². The second-order valence-electron chi connectivity index (χ2n) is 4.86. The topological polar surface area (TPSA) is 71.3 Å². The number of aryl methyl sites for hydroxylation is 1. The number of piperidine rings is 1. The van der Waals surface area contributed by atoms with Crippen LogP contribution in [0.1, 0.15) is 24.6 Å². The molecule has 0 saturated carbocycles. The van der Waals surface area contributed by atoms with Crippen molar-refractivity contribution in [2.75, 3.05) is 19.6 Å². The number of aromatic nitrogens is 2. The van der Waals surface area contributed by atoms with Gasteiger partial charge in [0.15, 0.2) is 5.82 Å². The van der Waals surface area contributed by atoms with Crippen LogP contribution in [-0.4, -0.2) is 40.7 Å². The summed E-state index contributed by atoms with van der Waals surface area (Å²) in [5, 5.41) is 6.72. The Labute approximate surface area is 112 Å². The number of nitrogens with zero attached hydrogens (tertiary/aromatic N) is 3. The number of carbonyl (C=O) groups is 1. The number of nitrogens with one attached hydrogen (secondary N) is 1. The highest BCUT2D eigenvalue weighted by Gasteiger charge is 2.24. The van der Waals surface area contributed by atoms with E-state index in [0.717, 1.165) is 38.2 Å².